The van der Waals surface area contributed by atoms with Crippen LogP contribution in [0.5, 0.6) is 0 Å². The minimum absolute atomic E-state index is 0.0266. The first-order chi connectivity index (χ1) is 56.1. The van der Waals surface area contributed by atoms with Crippen LogP contribution in [0.1, 0.15) is 128 Å². The number of unbranched alkanes of at least 4 members (excludes halogenated alkanes) is 3. The number of primary amides is 1. The molecule has 0 bridgehead atoms. The van der Waals surface area contributed by atoms with Gasteiger partial charge in [-0.15, -0.1) is 0 Å². The molecule has 2 aromatic rings. The second kappa shape index (κ2) is 58.0. The predicted molar refractivity (Wildman–Crippen MR) is 436 cm³/mol. The van der Waals surface area contributed by atoms with E-state index in [0.29, 0.717) is 44.3 Å². The normalized spacial score (nSPS) is 13.9. The van der Waals surface area contributed by atoms with Gasteiger partial charge in [-0.3, -0.25) is 86.9 Å². The number of carbonyl (C=O) groups excluding carboxylic acids is 15. The summed E-state index contributed by atoms with van der Waals surface area (Å²) < 4.78 is 0. The van der Waals surface area contributed by atoms with Crippen LogP contribution >= 0.6 is 0 Å². The maximum atomic E-state index is 14.3. The number of aliphatic imine (C=N–C) groups is 3. The molecular formula is C73H124N28O17. The van der Waals surface area contributed by atoms with Gasteiger partial charge < -0.3 is 147 Å². The molecule has 0 fully saturated rings. The SMILES string of the molecule is C[C@H](NC(=O)CNC(=O)[C@@H](NC(=O)[C@H](Cc1ccccc1)NC(=O)CNC(=O)CNC(=O)CNCc1ccccc1)[C@@H](C)O)C(=O)N[C@@H](CCCN=C(N)N)C(=O)N[C@@H](CCCCN)C(=O)N[C@@H](CO)C(=O)N[C@@H](C)C(=O)N[C@@H](CCCN=C(N)N)C(=O)N[C@@H](CCCCN)C(=O)N[C@@H](CCCN=C(N)N)C(=O)N[C@@H](CCCCN)C(N)=O. The smallest absolute Gasteiger partial charge is 0.245 e. The summed E-state index contributed by atoms with van der Waals surface area (Å²) in [6.45, 7) is 1.53. The van der Waals surface area contributed by atoms with Crippen molar-refractivity contribution in [3.8, 4) is 0 Å². The summed E-state index contributed by atoms with van der Waals surface area (Å²) in [5.41, 5.74) is 57.4. The Morgan fingerprint density at radius 2 is 0.669 bits per heavy atom. The molecule has 12 atom stereocenters. The Labute approximate surface area is 684 Å². The van der Waals surface area contributed by atoms with Crippen molar-refractivity contribution < 1.29 is 82.1 Å². The van der Waals surface area contributed by atoms with E-state index in [9.17, 15) is 82.1 Å². The Balaban J connectivity index is 2.28. The van der Waals surface area contributed by atoms with Crippen LogP contribution in [0.2, 0.25) is 0 Å². The van der Waals surface area contributed by atoms with Crippen molar-refractivity contribution in [1.29, 1.82) is 0 Å². The van der Waals surface area contributed by atoms with E-state index in [1.54, 1.807) is 30.3 Å². The first-order valence-corrected chi connectivity index (χ1v) is 38.9. The molecule has 0 aliphatic heterocycles. The zero-order valence-electron chi connectivity index (χ0n) is 67.1. The van der Waals surface area contributed by atoms with Crippen molar-refractivity contribution in [2.75, 3.05) is 72.1 Å². The number of hydrogen-bond acceptors (Lipinski definition) is 24. The zero-order valence-corrected chi connectivity index (χ0v) is 67.1. The average Bonchev–Trinajstić information content (AvgIpc) is 0.866. The lowest BCUT2D eigenvalue weighted by Gasteiger charge is -2.27. The monoisotopic (exact) mass is 1660 g/mol. The Bertz CT molecular complexity index is 3630. The summed E-state index contributed by atoms with van der Waals surface area (Å²) in [5, 5.41) is 58.7. The molecule has 0 saturated heterocycles. The van der Waals surface area contributed by atoms with Crippen molar-refractivity contribution in [2.24, 2.45) is 72.3 Å². The molecule has 0 aromatic heterocycles. The van der Waals surface area contributed by atoms with Gasteiger partial charge in [-0.05, 0) is 148 Å². The largest absolute Gasteiger partial charge is 0.394 e. The van der Waals surface area contributed by atoms with Gasteiger partial charge in [-0.25, -0.2) is 0 Å². The minimum atomic E-state index is -1.81. The van der Waals surface area contributed by atoms with Crippen molar-refractivity contribution in [2.45, 2.75) is 203 Å². The first-order valence-electron chi connectivity index (χ1n) is 38.9. The van der Waals surface area contributed by atoms with Crippen molar-refractivity contribution in [1.82, 2.24) is 79.8 Å². The van der Waals surface area contributed by atoms with Crippen LogP contribution < -0.4 is 137 Å². The van der Waals surface area contributed by atoms with E-state index in [-0.39, 0.29) is 134 Å². The summed E-state index contributed by atoms with van der Waals surface area (Å²) in [6.07, 6.45) is 0.312. The number of hydrogen-bond donors (Lipinski definition) is 27. The highest BCUT2D eigenvalue weighted by Crippen LogP contribution is 2.12. The molecule has 37 N–H and O–H groups in total. The van der Waals surface area contributed by atoms with Crippen LogP contribution in [0.25, 0.3) is 0 Å². The van der Waals surface area contributed by atoms with Gasteiger partial charge in [-0.2, -0.15) is 0 Å². The van der Waals surface area contributed by atoms with Gasteiger partial charge in [0.2, 0.25) is 88.6 Å². The topological polar surface area (TPSA) is 774 Å². The Morgan fingerprint density at radius 3 is 1.07 bits per heavy atom. The van der Waals surface area contributed by atoms with E-state index in [0.717, 1.165) is 5.56 Å². The van der Waals surface area contributed by atoms with Crippen molar-refractivity contribution in [3.05, 3.63) is 71.8 Å². The van der Waals surface area contributed by atoms with Crippen molar-refractivity contribution >= 4 is 106 Å². The molecule has 0 heterocycles. The minimum Gasteiger partial charge on any atom is -0.394 e. The molecule has 2 aromatic carbocycles. The molecule has 0 saturated carbocycles. The Hall–Kier alpha value is -11.9. The molecular weight excluding hydrogens is 1540 g/mol. The standard InChI is InChI=1S/C73H124N28O17/c1-42(91-57(106)40-90-70(118)59(44(3)103)101-68(116)53(35-45-19-6-4-7-20-45)93-58(107)39-89-56(105)38-88-55(104)37-84-36-46-21-8-5-9-22-46)61(109)95-50(26-16-32-85-71(78)79)65(113)98-49(25-12-15-31-76)67(115)100-54(41-102)69(117)92-43(2)62(110)96-51(27-17-33-86-72(80)81)66(114)97-48(24-11-14-30-75)64(112)99-52(28-18-34-87-73(82)83)63(111)94-47(60(77)108)23-10-13-29-74/h4-9,19-22,42-44,47-54,59,84,102-103H,10-18,23-41,74-76H2,1-3H3,(H2,77,108)(H,88,104)(H,89,105)(H,90,118)(H,91,106)(H,92,117)(H,93,107)(H,94,111)(H,95,109)(H,96,110)(H,97,114)(H,98,113)(H,99,112)(H,100,115)(H,101,116)(H4,78,79,85)(H4,80,81,86)(H4,82,83,87)/t42-,43-,44+,47-,48-,49-,50-,51-,52-,53-,54-,59-/m0/s1. The van der Waals surface area contributed by atoms with Crippen LogP contribution in [-0.4, -0.2) is 261 Å². The van der Waals surface area contributed by atoms with E-state index < -0.39 is 187 Å². The van der Waals surface area contributed by atoms with E-state index in [4.69, 9.17) is 57.3 Å². The fourth-order valence-electron chi connectivity index (χ4n) is 11.1. The quantitative estimate of drug-likeness (QED) is 0.0166. The molecule has 45 heteroatoms. The van der Waals surface area contributed by atoms with E-state index >= 15 is 0 Å². The third kappa shape index (κ3) is 43.7. The summed E-state index contributed by atoms with van der Waals surface area (Å²) >= 11 is 0. The highest BCUT2D eigenvalue weighted by Gasteiger charge is 2.36. The van der Waals surface area contributed by atoms with Gasteiger partial charge in [0, 0.05) is 32.6 Å². The summed E-state index contributed by atoms with van der Waals surface area (Å²) in [6, 6.07) is 1.47. The van der Waals surface area contributed by atoms with E-state index in [1.165, 1.54) is 20.8 Å². The lowest BCUT2D eigenvalue weighted by Crippen LogP contribution is -2.60. The van der Waals surface area contributed by atoms with Crippen molar-refractivity contribution in [3.63, 3.8) is 0 Å². The number of nitrogens with two attached hydrogens (primary N) is 10. The van der Waals surface area contributed by atoms with E-state index in [1.807, 2.05) is 30.3 Å². The molecule has 0 aliphatic rings. The Morgan fingerprint density at radius 1 is 0.339 bits per heavy atom. The van der Waals surface area contributed by atoms with Gasteiger partial charge in [0.25, 0.3) is 0 Å². The van der Waals surface area contributed by atoms with Gasteiger partial charge >= 0.3 is 0 Å². The fourth-order valence-corrected chi connectivity index (χ4v) is 11.1. The fraction of sp³-hybridized carbons (Fsp3) is 0.589. The highest BCUT2D eigenvalue weighted by atomic mass is 16.3. The predicted octanol–water partition coefficient (Wildman–Crippen LogP) is -10.9. The second-order valence-corrected chi connectivity index (χ2v) is 27.6. The number of amides is 15. The third-order valence-electron chi connectivity index (χ3n) is 17.6. The molecule has 2 rings (SSSR count). The molecule has 0 aliphatic carbocycles. The second-order valence-electron chi connectivity index (χ2n) is 27.6. The number of aliphatic hydroxyl groups is 2. The van der Waals surface area contributed by atoms with Crippen LogP contribution in [-0.2, 0) is 84.9 Å². The van der Waals surface area contributed by atoms with E-state index in [2.05, 4.69) is 94.7 Å². The molecule has 118 heavy (non-hydrogen) atoms. The van der Waals surface area contributed by atoms with Gasteiger partial charge in [0.1, 0.15) is 66.5 Å². The summed E-state index contributed by atoms with van der Waals surface area (Å²) in [5.74, 6) is -14.3. The highest BCUT2D eigenvalue weighted by molar-refractivity contribution is 6.00. The number of benzene rings is 2. The van der Waals surface area contributed by atoms with Gasteiger partial charge in [0.15, 0.2) is 17.9 Å². The molecule has 0 spiro atoms. The van der Waals surface area contributed by atoms with Crippen LogP contribution in [0, 0.1) is 0 Å². The van der Waals surface area contributed by atoms with Gasteiger partial charge in [0.05, 0.1) is 38.9 Å². The molecule has 658 valence electrons. The van der Waals surface area contributed by atoms with Gasteiger partial charge in [-0.1, -0.05) is 60.7 Å². The number of carbonyl (C=O) groups is 15. The third-order valence-corrected chi connectivity index (χ3v) is 17.6. The zero-order chi connectivity index (χ0) is 88.1. The first kappa shape index (κ1) is 102. The lowest BCUT2D eigenvalue weighted by atomic mass is 10.0. The maximum Gasteiger partial charge on any atom is 0.245 e. The molecule has 45 nitrogen and oxygen atoms in total. The lowest BCUT2D eigenvalue weighted by molar-refractivity contribution is -0.136. The number of guanidine groups is 3. The molecule has 0 radical (unpaired) electrons. The van der Waals surface area contributed by atoms with Crippen LogP contribution in [0.15, 0.2) is 75.6 Å². The summed E-state index contributed by atoms with van der Waals surface area (Å²) in [4.78, 5) is 216. The molecule has 0 unspecified atom stereocenters. The number of nitrogens with one attached hydrogen (secondary N) is 15. The Kier molecular flexibility index (Phi) is 50.2. The van der Waals surface area contributed by atoms with Crippen LogP contribution in [0.3, 0.4) is 0 Å². The summed E-state index contributed by atoms with van der Waals surface area (Å²) in [7, 11) is 0. The number of nitrogens with zero attached hydrogens (tertiary/aromatic N) is 3. The van der Waals surface area contributed by atoms with Crippen LogP contribution in [0.4, 0.5) is 0 Å². The number of rotatable bonds is 60. The maximum absolute atomic E-state index is 14.3. The number of aliphatic hydroxyl groups excluding tert-OH is 2. The molecule has 15 amide bonds. The average molecular weight is 1670 g/mol.